The molecule has 0 amide bonds. The van der Waals surface area contributed by atoms with Crippen molar-refractivity contribution in [1.82, 2.24) is 29.7 Å². The van der Waals surface area contributed by atoms with Crippen LogP contribution in [0, 0.1) is 13.8 Å². The predicted octanol–water partition coefficient (Wildman–Crippen LogP) is 3.89. The number of nitrogens with zero attached hydrogens (tertiary/aromatic N) is 6. The first-order chi connectivity index (χ1) is 13.5. The van der Waals surface area contributed by atoms with Gasteiger partial charge in [0.1, 0.15) is 0 Å². The fraction of sp³-hybridized carbons (Fsp3) is 0.476. The summed E-state index contributed by atoms with van der Waals surface area (Å²) in [5, 5.41) is 9.89. The van der Waals surface area contributed by atoms with E-state index in [2.05, 4.69) is 36.0 Å². The van der Waals surface area contributed by atoms with Gasteiger partial charge in [-0.2, -0.15) is 4.98 Å². The molecule has 0 N–H and O–H groups in total. The molecule has 0 bridgehead atoms. The van der Waals surface area contributed by atoms with Crippen LogP contribution in [0.5, 0.6) is 0 Å². The van der Waals surface area contributed by atoms with Crippen molar-refractivity contribution in [2.24, 2.45) is 0 Å². The second kappa shape index (κ2) is 6.36. The summed E-state index contributed by atoms with van der Waals surface area (Å²) in [5.74, 6) is 1.57. The van der Waals surface area contributed by atoms with Gasteiger partial charge in [0.25, 0.3) is 0 Å². The Morgan fingerprint density at radius 3 is 2.79 bits per heavy atom. The number of aryl methyl sites for hydroxylation is 3. The first-order valence-electron chi connectivity index (χ1n) is 9.98. The molecule has 0 radical (unpaired) electrons. The standard InChI is InChI=1S/C21H24N6O/c1-13-15(8-9-17-24-20(26-28-17)21(3)10-4-5-11-21)14(2)27-19(23-13)16-7-6-12-22-18(16)25-27/h6-7,12H,4-5,8-11H2,1-3H3. The van der Waals surface area contributed by atoms with Crippen LogP contribution >= 0.6 is 0 Å². The highest BCUT2D eigenvalue weighted by molar-refractivity contribution is 5.89. The fourth-order valence-corrected chi connectivity index (χ4v) is 4.44. The van der Waals surface area contributed by atoms with Crippen LogP contribution in [0.15, 0.2) is 22.9 Å². The molecule has 1 fully saturated rings. The lowest BCUT2D eigenvalue weighted by Gasteiger charge is -2.17. The van der Waals surface area contributed by atoms with Crippen molar-refractivity contribution in [3.8, 4) is 0 Å². The molecule has 144 valence electrons. The Morgan fingerprint density at radius 2 is 1.96 bits per heavy atom. The van der Waals surface area contributed by atoms with Gasteiger partial charge in [-0.3, -0.25) is 0 Å². The topological polar surface area (TPSA) is 82.0 Å². The molecule has 0 aromatic carbocycles. The number of rotatable bonds is 4. The van der Waals surface area contributed by atoms with Crippen LogP contribution in [0.3, 0.4) is 0 Å². The number of hydrogen-bond donors (Lipinski definition) is 0. The molecular weight excluding hydrogens is 352 g/mol. The van der Waals surface area contributed by atoms with E-state index in [4.69, 9.17) is 14.5 Å². The van der Waals surface area contributed by atoms with Gasteiger partial charge in [0.15, 0.2) is 17.1 Å². The molecular formula is C21H24N6O. The van der Waals surface area contributed by atoms with Crippen molar-refractivity contribution in [2.45, 2.75) is 64.7 Å². The zero-order valence-corrected chi connectivity index (χ0v) is 16.6. The van der Waals surface area contributed by atoms with E-state index in [0.29, 0.717) is 12.3 Å². The van der Waals surface area contributed by atoms with Gasteiger partial charge in [-0.15, -0.1) is 5.10 Å². The summed E-state index contributed by atoms with van der Waals surface area (Å²) in [7, 11) is 0. The Morgan fingerprint density at radius 1 is 1.14 bits per heavy atom. The molecule has 5 rings (SSSR count). The Kier molecular flexibility index (Phi) is 3.92. The van der Waals surface area contributed by atoms with Crippen LogP contribution in [0.2, 0.25) is 0 Å². The van der Waals surface area contributed by atoms with E-state index < -0.39 is 0 Å². The summed E-state index contributed by atoms with van der Waals surface area (Å²) in [6.07, 6.45) is 8.04. The number of hydrogen-bond acceptors (Lipinski definition) is 6. The zero-order valence-electron chi connectivity index (χ0n) is 16.6. The number of fused-ring (bicyclic) bond motifs is 3. The monoisotopic (exact) mass is 376 g/mol. The Labute approximate surface area is 163 Å². The molecule has 1 aliphatic carbocycles. The van der Waals surface area contributed by atoms with Crippen molar-refractivity contribution in [3.05, 3.63) is 47.0 Å². The van der Waals surface area contributed by atoms with Gasteiger partial charge in [0.2, 0.25) is 5.89 Å². The minimum atomic E-state index is 0.0796. The van der Waals surface area contributed by atoms with E-state index in [1.807, 2.05) is 16.6 Å². The summed E-state index contributed by atoms with van der Waals surface area (Å²) in [6, 6.07) is 3.93. The van der Waals surface area contributed by atoms with E-state index in [1.54, 1.807) is 6.20 Å². The van der Waals surface area contributed by atoms with Crippen LogP contribution in [-0.4, -0.2) is 29.7 Å². The quantitative estimate of drug-likeness (QED) is 0.537. The Bertz CT molecular complexity index is 1170. The maximum absolute atomic E-state index is 5.57. The third-order valence-corrected chi connectivity index (χ3v) is 6.19. The van der Waals surface area contributed by atoms with Gasteiger partial charge >= 0.3 is 0 Å². The second-order valence-corrected chi connectivity index (χ2v) is 8.15. The molecule has 0 spiro atoms. The van der Waals surface area contributed by atoms with Crippen LogP contribution in [-0.2, 0) is 18.3 Å². The highest BCUT2D eigenvalue weighted by atomic mass is 16.5. The summed E-state index contributed by atoms with van der Waals surface area (Å²) in [5.41, 5.74) is 4.93. The smallest absolute Gasteiger partial charge is 0.226 e. The Hall–Kier alpha value is -2.83. The van der Waals surface area contributed by atoms with E-state index >= 15 is 0 Å². The normalized spacial score (nSPS) is 16.4. The minimum absolute atomic E-state index is 0.0796. The van der Waals surface area contributed by atoms with Gasteiger partial charge in [-0.05, 0) is 50.8 Å². The lowest BCUT2D eigenvalue weighted by Crippen LogP contribution is -2.18. The molecule has 7 heteroatoms. The van der Waals surface area contributed by atoms with Crippen LogP contribution in [0.4, 0.5) is 0 Å². The summed E-state index contributed by atoms with van der Waals surface area (Å²) in [4.78, 5) is 13.9. The highest BCUT2D eigenvalue weighted by Crippen LogP contribution is 2.39. The average Bonchev–Trinajstić information content (AvgIpc) is 3.41. The first-order valence-corrected chi connectivity index (χ1v) is 9.98. The fourth-order valence-electron chi connectivity index (χ4n) is 4.44. The van der Waals surface area contributed by atoms with Crippen molar-refractivity contribution in [3.63, 3.8) is 0 Å². The first kappa shape index (κ1) is 17.3. The molecule has 1 saturated carbocycles. The summed E-state index contributed by atoms with van der Waals surface area (Å²) < 4.78 is 7.47. The molecule has 4 heterocycles. The number of pyridine rings is 1. The molecule has 28 heavy (non-hydrogen) atoms. The predicted molar refractivity (Wildman–Crippen MR) is 105 cm³/mol. The van der Waals surface area contributed by atoms with Crippen LogP contribution < -0.4 is 0 Å². The van der Waals surface area contributed by atoms with E-state index in [1.165, 1.54) is 18.4 Å². The lowest BCUT2D eigenvalue weighted by atomic mass is 9.88. The lowest BCUT2D eigenvalue weighted by molar-refractivity contribution is 0.354. The third-order valence-electron chi connectivity index (χ3n) is 6.19. The molecule has 7 nitrogen and oxygen atoms in total. The van der Waals surface area contributed by atoms with E-state index in [0.717, 1.165) is 53.2 Å². The largest absolute Gasteiger partial charge is 0.339 e. The van der Waals surface area contributed by atoms with Crippen molar-refractivity contribution < 1.29 is 4.52 Å². The van der Waals surface area contributed by atoms with Crippen LogP contribution in [0.25, 0.3) is 16.7 Å². The number of aromatic nitrogens is 6. The molecule has 4 aromatic heterocycles. The second-order valence-electron chi connectivity index (χ2n) is 8.15. The Balaban J connectivity index is 1.44. The summed E-state index contributed by atoms with van der Waals surface area (Å²) >= 11 is 0. The van der Waals surface area contributed by atoms with Crippen molar-refractivity contribution in [1.29, 1.82) is 0 Å². The molecule has 1 aliphatic rings. The summed E-state index contributed by atoms with van der Waals surface area (Å²) in [6.45, 7) is 6.38. The zero-order chi connectivity index (χ0) is 19.3. The van der Waals surface area contributed by atoms with Gasteiger partial charge < -0.3 is 4.52 Å². The van der Waals surface area contributed by atoms with Gasteiger partial charge in [0.05, 0.1) is 5.39 Å². The maximum atomic E-state index is 5.57. The van der Waals surface area contributed by atoms with Crippen LogP contribution in [0.1, 0.15) is 61.3 Å². The van der Waals surface area contributed by atoms with Crippen molar-refractivity contribution >= 4 is 16.7 Å². The third kappa shape index (κ3) is 2.68. The van der Waals surface area contributed by atoms with E-state index in [-0.39, 0.29) is 5.41 Å². The SMILES string of the molecule is Cc1nc2c3cccnc3nn2c(C)c1CCc1nc(C2(C)CCCC2)no1. The highest BCUT2D eigenvalue weighted by Gasteiger charge is 2.35. The molecule has 0 aliphatic heterocycles. The van der Waals surface area contributed by atoms with Crippen molar-refractivity contribution in [2.75, 3.05) is 0 Å². The maximum Gasteiger partial charge on any atom is 0.226 e. The van der Waals surface area contributed by atoms with E-state index in [9.17, 15) is 0 Å². The molecule has 0 unspecified atom stereocenters. The molecule has 4 aromatic rings. The minimum Gasteiger partial charge on any atom is -0.339 e. The molecule has 0 atom stereocenters. The average molecular weight is 376 g/mol. The van der Waals surface area contributed by atoms with Gasteiger partial charge in [-0.1, -0.05) is 24.9 Å². The molecule has 0 saturated heterocycles. The van der Waals surface area contributed by atoms with Gasteiger partial charge in [-0.25, -0.2) is 14.5 Å². The van der Waals surface area contributed by atoms with Gasteiger partial charge in [0, 0.05) is 29.4 Å².